The quantitative estimate of drug-likeness (QED) is 0.290. The van der Waals surface area contributed by atoms with Gasteiger partial charge in [-0.15, -0.1) is 0 Å². The van der Waals surface area contributed by atoms with Gasteiger partial charge in [0.05, 0.1) is 0 Å². The van der Waals surface area contributed by atoms with Crippen LogP contribution in [0.25, 0.3) is 0 Å². The van der Waals surface area contributed by atoms with Gasteiger partial charge in [-0.1, -0.05) is 0 Å². The van der Waals surface area contributed by atoms with Gasteiger partial charge in [0.25, 0.3) is 0 Å². The molecule has 0 heterocycles. The predicted octanol–water partition coefficient (Wildman–Crippen LogP) is -0.558. The summed E-state index contributed by atoms with van der Waals surface area (Å²) < 4.78 is 0. The van der Waals surface area contributed by atoms with E-state index < -0.39 is 0 Å². The molecule has 0 fully saturated rings. The summed E-state index contributed by atoms with van der Waals surface area (Å²) in [6, 6.07) is 0. The topological polar surface area (TPSA) is 114 Å². The van der Waals surface area contributed by atoms with E-state index >= 15 is 0 Å². The first kappa shape index (κ1) is 389. The summed E-state index contributed by atoms with van der Waals surface area (Å²) in [7, 11) is 0. The average Bonchev–Trinajstić information content (AvgIpc) is 0. The van der Waals surface area contributed by atoms with E-state index in [1.807, 2.05) is 0 Å². The maximum Gasteiger partial charge on any atom is 4.00 e. The molecule has 37 heavy (non-hydrogen) atoms. The van der Waals surface area contributed by atoms with Gasteiger partial charge in [0.1, 0.15) is 0 Å². The molecule has 0 N–H and O–H groups in total. The Morgan fingerprint density at radius 3 is 0.0541 bits per heavy atom. The molecule has 0 radical (unpaired) electrons. The third-order valence-electron chi connectivity index (χ3n) is 0. The van der Waals surface area contributed by atoms with Crippen LogP contribution in [0, 0.1) is 0 Å². The Kier molecular flexibility index (Phi) is 3890. The molecule has 32 valence electrons. The molecule has 0 unspecified atom stereocenters. The summed E-state index contributed by atoms with van der Waals surface area (Å²) in [5.74, 6) is 0. The number of rotatable bonds is 0. The first-order valence-corrected chi connectivity index (χ1v) is 0. The van der Waals surface area contributed by atoms with E-state index in [0.29, 0.717) is 0 Å². The molecule has 0 aromatic heterocycles. The second kappa shape index (κ2) is 370. The van der Waals surface area contributed by atoms with Crippen molar-refractivity contribution >= 4 is 0 Å². The van der Waals surface area contributed by atoms with Gasteiger partial charge in [-0.05, 0) is 0 Å². The van der Waals surface area contributed by atoms with Gasteiger partial charge in [0.15, 0.2) is 0 Å². The van der Waals surface area contributed by atoms with Gasteiger partial charge in [-0.2, -0.15) is 0 Å². The Balaban J connectivity index is 0. The van der Waals surface area contributed by atoms with Gasteiger partial charge in [-0.25, -0.2) is 0 Å². The molecule has 0 saturated heterocycles. The zero-order valence-corrected chi connectivity index (χ0v) is 69.7. The molecule has 0 aromatic carbocycles. The third kappa shape index (κ3) is 357. The standard InChI is InChI=1S/4O.33Ti/q4*-2;33*+4. The fraction of sp³-hybridized carbons (Fsp3) is 0. The average molecular weight is 1640 g/mol. The van der Waals surface area contributed by atoms with E-state index in [2.05, 4.69) is 0 Å². The first-order chi connectivity index (χ1) is 0. The van der Waals surface area contributed by atoms with Crippen molar-refractivity contribution in [3.05, 3.63) is 0 Å². The fourth-order valence-corrected chi connectivity index (χ4v) is 0. The Hall–Kier alpha value is 23.4. The molecule has 0 amide bonds. The van der Waals surface area contributed by atoms with Crippen LogP contribution in [0.4, 0.5) is 0 Å². The van der Waals surface area contributed by atoms with Crippen molar-refractivity contribution in [1.29, 1.82) is 0 Å². The normalized spacial score (nSPS) is 0. The summed E-state index contributed by atoms with van der Waals surface area (Å²) in [6.45, 7) is 0. The zero-order valence-electron chi connectivity index (χ0n) is 18.1. The number of hydrogen-bond acceptors (Lipinski definition) is 0. The molecular formula is O4Ti33+124. The molecule has 0 rings (SSSR count). The Morgan fingerprint density at radius 2 is 0.0541 bits per heavy atom. The van der Waals surface area contributed by atoms with Crippen molar-refractivity contribution in [3.8, 4) is 0 Å². The maximum atomic E-state index is 0. The minimum absolute atomic E-state index is 0. The van der Waals surface area contributed by atoms with E-state index in [1.165, 1.54) is 0 Å². The van der Waals surface area contributed by atoms with E-state index in [0.717, 1.165) is 0 Å². The van der Waals surface area contributed by atoms with Crippen LogP contribution >= 0.6 is 0 Å². The van der Waals surface area contributed by atoms with Crippen molar-refractivity contribution in [2.45, 2.75) is 0 Å². The monoisotopic (exact) mass is 1650 g/mol. The van der Waals surface area contributed by atoms with Crippen LogP contribution in [0.3, 0.4) is 0 Å². The van der Waals surface area contributed by atoms with Crippen LogP contribution in [0.15, 0.2) is 0 Å². The van der Waals surface area contributed by atoms with Gasteiger partial charge >= 0.3 is 717 Å². The van der Waals surface area contributed by atoms with Crippen molar-refractivity contribution in [2.24, 2.45) is 0 Å². The smallest absolute Gasteiger partial charge is 2.00 e. The fourth-order valence-electron chi connectivity index (χ4n) is 0. The van der Waals surface area contributed by atoms with Crippen LogP contribution < -0.4 is 0 Å². The molecule has 4 nitrogen and oxygen atoms in total. The van der Waals surface area contributed by atoms with Crippen LogP contribution in [-0.4, -0.2) is 0 Å². The molecule has 0 saturated carbocycles. The Labute approximate surface area is 716 Å². The van der Waals surface area contributed by atoms with E-state index in [1.54, 1.807) is 0 Å². The second-order valence-electron chi connectivity index (χ2n) is 0. The Morgan fingerprint density at radius 1 is 0.0541 bits per heavy atom. The molecule has 0 spiro atoms. The van der Waals surface area contributed by atoms with E-state index in [9.17, 15) is 0 Å². The van der Waals surface area contributed by atoms with Gasteiger partial charge in [0.2, 0.25) is 0 Å². The van der Waals surface area contributed by atoms with Crippen molar-refractivity contribution in [3.63, 3.8) is 0 Å². The van der Waals surface area contributed by atoms with Crippen LogP contribution in [0.2, 0.25) is 0 Å². The molecule has 0 atom stereocenters. The maximum absolute atomic E-state index is 0. The molecule has 37 heteroatoms. The summed E-state index contributed by atoms with van der Waals surface area (Å²) >= 11 is 0. The summed E-state index contributed by atoms with van der Waals surface area (Å²) in [6.07, 6.45) is 0. The van der Waals surface area contributed by atoms with Crippen molar-refractivity contribution in [1.82, 2.24) is 0 Å². The molecule has 0 aliphatic rings. The number of hydrogen-bond donors (Lipinski definition) is 0. The molecular weight excluding hydrogens is 1640 g/mol. The summed E-state index contributed by atoms with van der Waals surface area (Å²) in [4.78, 5) is 0. The molecule has 0 aliphatic carbocycles. The van der Waals surface area contributed by atoms with E-state index in [4.69, 9.17) is 0 Å². The molecule has 0 aliphatic heterocycles. The summed E-state index contributed by atoms with van der Waals surface area (Å²) in [5.41, 5.74) is 0. The third-order valence-corrected chi connectivity index (χ3v) is 0. The first-order valence-electron chi connectivity index (χ1n) is 0. The SMILES string of the molecule is [O-2].[O-2].[O-2].[O-2].[Ti+4].[Ti+4].[Ti+4].[Ti+4].[Ti+4].[Ti+4].[Ti+4].[Ti+4].[Ti+4].[Ti+4].[Ti+4].[Ti+4].[Ti+4].[Ti+4].[Ti+4].[Ti+4].[Ti+4].[Ti+4].[Ti+4].[Ti+4].[Ti+4].[Ti+4].[Ti+4].[Ti+4].[Ti+4].[Ti+4].[Ti+4].[Ti+4].[Ti+4].[Ti+4].[Ti+4].[Ti+4].[Ti+4]. The molecule has 0 aromatic rings. The van der Waals surface area contributed by atoms with E-state index in [-0.39, 0.29) is 739 Å². The van der Waals surface area contributed by atoms with Gasteiger partial charge < -0.3 is 21.9 Å². The minimum Gasteiger partial charge on any atom is -2.00 e. The van der Waals surface area contributed by atoms with Gasteiger partial charge in [-0.3, -0.25) is 0 Å². The van der Waals surface area contributed by atoms with Crippen LogP contribution in [-0.2, 0) is 739 Å². The summed E-state index contributed by atoms with van der Waals surface area (Å²) in [5, 5.41) is 0. The minimum atomic E-state index is 0. The van der Waals surface area contributed by atoms with Crippen LogP contribution in [0.5, 0.6) is 0 Å². The molecule has 0 bridgehead atoms. The van der Waals surface area contributed by atoms with Crippen LogP contribution in [0.1, 0.15) is 0 Å². The second-order valence-corrected chi connectivity index (χ2v) is 0. The van der Waals surface area contributed by atoms with Crippen molar-refractivity contribution in [2.75, 3.05) is 0 Å². The van der Waals surface area contributed by atoms with Gasteiger partial charge in [0, 0.05) is 0 Å². The zero-order chi connectivity index (χ0) is 0. The Bertz CT molecular complexity index is 18.3. The largest absolute Gasteiger partial charge is 4.00 e. The predicted molar refractivity (Wildman–Crippen MR) is 2.75 cm³/mol. The van der Waals surface area contributed by atoms with Crippen molar-refractivity contribution < 1.29 is 739 Å².